The number of hydrogen-bond acceptors (Lipinski definition) is 3. The van der Waals surface area contributed by atoms with Gasteiger partial charge in [0.05, 0.1) is 12.7 Å². The molecule has 0 bridgehead atoms. The Labute approximate surface area is 129 Å². The van der Waals surface area contributed by atoms with Gasteiger partial charge in [-0.1, -0.05) is 43.7 Å². The molecule has 0 aliphatic rings. The molecule has 1 N–H and O–H groups in total. The van der Waals surface area contributed by atoms with Crippen molar-refractivity contribution in [1.29, 1.82) is 0 Å². The standard InChI is InChI=1S/C18H29NO2/c1-14(2)17(13-19-10-11-20-5)12-16-8-6-7-9-18(16)21-15(3)4/h6-9,12,14-15,19H,10-11,13H2,1-5H3. The normalized spacial score (nSPS) is 12.2. The van der Waals surface area contributed by atoms with Crippen LogP contribution < -0.4 is 10.1 Å². The molecule has 1 aromatic rings. The average Bonchev–Trinajstić information content (AvgIpc) is 2.43. The third-order valence-corrected chi connectivity index (χ3v) is 3.18. The average molecular weight is 291 g/mol. The van der Waals surface area contributed by atoms with Crippen LogP contribution in [-0.4, -0.2) is 32.9 Å². The molecule has 0 aliphatic heterocycles. The zero-order valence-corrected chi connectivity index (χ0v) is 14.0. The van der Waals surface area contributed by atoms with Crippen LogP contribution in [0.5, 0.6) is 5.75 Å². The molecular formula is C18H29NO2. The topological polar surface area (TPSA) is 30.5 Å². The van der Waals surface area contributed by atoms with E-state index in [1.807, 2.05) is 12.1 Å². The Morgan fingerprint density at radius 3 is 2.52 bits per heavy atom. The van der Waals surface area contributed by atoms with E-state index in [-0.39, 0.29) is 6.10 Å². The summed E-state index contributed by atoms with van der Waals surface area (Å²) in [4.78, 5) is 0. The van der Waals surface area contributed by atoms with Crippen LogP contribution in [0.15, 0.2) is 29.8 Å². The molecule has 0 unspecified atom stereocenters. The van der Waals surface area contributed by atoms with E-state index < -0.39 is 0 Å². The fourth-order valence-corrected chi connectivity index (χ4v) is 1.99. The van der Waals surface area contributed by atoms with E-state index in [0.29, 0.717) is 5.92 Å². The third kappa shape index (κ3) is 6.78. The zero-order valence-electron chi connectivity index (χ0n) is 14.0. The van der Waals surface area contributed by atoms with Gasteiger partial charge in [-0.2, -0.15) is 0 Å². The highest BCUT2D eigenvalue weighted by atomic mass is 16.5. The summed E-state index contributed by atoms with van der Waals surface area (Å²) in [7, 11) is 1.72. The number of hydrogen-bond donors (Lipinski definition) is 1. The largest absolute Gasteiger partial charge is 0.490 e. The number of benzene rings is 1. The first-order chi connectivity index (χ1) is 10.0. The van der Waals surface area contributed by atoms with Crippen LogP contribution in [0.2, 0.25) is 0 Å². The molecule has 0 heterocycles. The predicted octanol–water partition coefficient (Wildman–Crippen LogP) is 3.75. The lowest BCUT2D eigenvalue weighted by Gasteiger charge is -2.16. The van der Waals surface area contributed by atoms with Crippen molar-refractivity contribution in [1.82, 2.24) is 5.32 Å². The van der Waals surface area contributed by atoms with Gasteiger partial charge in [-0.25, -0.2) is 0 Å². The first-order valence-corrected chi connectivity index (χ1v) is 7.70. The smallest absolute Gasteiger partial charge is 0.126 e. The summed E-state index contributed by atoms with van der Waals surface area (Å²) >= 11 is 0. The van der Waals surface area contributed by atoms with E-state index in [1.165, 1.54) is 5.57 Å². The van der Waals surface area contributed by atoms with E-state index in [2.05, 4.69) is 51.2 Å². The minimum absolute atomic E-state index is 0.182. The first kappa shape index (κ1) is 17.7. The van der Waals surface area contributed by atoms with E-state index in [0.717, 1.165) is 31.0 Å². The van der Waals surface area contributed by atoms with Crippen molar-refractivity contribution in [3.63, 3.8) is 0 Å². The predicted molar refractivity (Wildman–Crippen MR) is 89.8 cm³/mol. The van der Waals surface area contributed by atoms with Gasteiger partial charge in [0.2, 0.25) is 0 Å². The molecule has 0 saturated heterocycles. The maximum atomic E-state index is 5.88. The summed E-state index contributed by atoms with van der Waals surface area (Å²) in [6.07, 6.45) is 2.42. The van der Waals surface area contributed by atoms with Crippen molar-refractivity contribution in [3.05, 3.63) is 35.4 Å². The summed E-state index contributed by atoms with van der Waals surface area (Å²) in [5, 5.41) is 3.41. The monoisotopic (exact) mass is 291 g/mol. The van der Waals surface area contributed by atoms with Gasteiger partial charge in [0.1, 0.15) is 5.75 Å². The summed E-state index contributed by atoms with van der Waals surface area (Å²) in [5.74, 6) is 1.44. The summed E-state index contributed by atoms with van der Waals surface area (Å²) in [6.45, 7) is 11.0. The molecule has 3 nitrogen and oxygen atoms in total. The van der Waals surface area contributed by atoms with Gasteiger partial charge < -0.3 is 14.8 Å². The molecule has 0 amide bonds. The van der Waals surface area contributed by atoms with Gasteiger partial charge in [-0.3, -0.25) is 0 Å². The molecule has 1 rings (SSSR count). The summed E-state index contributed by atoms with van der Waals surface area (Å²) < 4.78 is 10.9. The van der Waals surface area contributed by atoms with Crippen molar-refractivity contribution in [3.8, 4) is 5.75 Å². The van der Waals surface area contributed by atoms with Crippen molar-refractivity contribution in [2.75, 3.05) is 26.8 Å². The van der Waals surface area contributed by atoms with Crippen LogP contribution >= 0.6 is 0 Å². The maximum absolute atomic E-state index is 5.88. The first-order valence-electron chi connectivity index (χ1n) is 7.70. The van der Waals surface area contributed by atoms with Crippen LogP contribution in [0.3, 0.4) is 0 Å². The number of para-hydroxylation sites is 1. The second-order valence-electron chi connectivity index (χ2n) is 5.75. The maximum Gasteiger partial charge on any atom is 0.126 e. The lowest BCUT2D eigenvalue weighted by Crippen LogP contribution is -2.23. The molecule has 118 valence electrons. The Balaban J connectivity index is 2.84. The molecule has 0 atom stereocenters. The van der Waals surface area contributed by atoms with Gasteiger partial charge in [-0.05, 0) is 25.8 Å². The lowest BCUT2D eigenvalue weighted by molar-refractivity contribution is 0.200. The van der Waals surface area contributed by atoms with Crippen LogP contribution in [0.25, 0.3) is 6.08 Å². The number of ether oxygens (including phenoxy) is 2. The van der Waals surface area contributed by atoms with Crippen molar-refractivity contribution < 1.29 is 9.47 Å². The highest BCUT2D eigenvalue weighted by molar-refractivity contribution is 5.60. The van der Waals surface area contributed by atoms with Gasteiger partial charge in [0, 0.05) is 25.8 Å². The number of nitrogens with one attached hydrogen (secondary N) is 1. The Kier molecular flexibility index (Phi) is 8.09. The van der Waals surface area contributed by atoms with E-state index in [1.54, 1.807) is 7.11 Å². The van der Waals surface area contributed by atoms with Gasteiger partial charge in [0.25, 0.3) is 0 Å². The van der Waals surface area contributed by atoms with Crippen LogP contribution in [-0.2, 0) is 4.74 Å². The van der Waals surface area contributed by atoms with Gasteiger partial charge >= 0.3 is 0 Å². The molecule has 0 spiro atoms. The number of methoxy groups -OCH3 is 1. The SMILES string of the molecule is COCCNCC(=Cc1ccccc1OC(C)C)C(C)C. The fraction of sp³-hybridized carbons (Fsp3) is 0.556. The Morgan fingerprint density at radius 2 is 1.90 bits per heavy atom. The quantitative estimate of drug-likeness (QED) is 0.703. The molecule has 0 fully saturated rings. The molecule has 3 heteroatoms. The fourth-order valence-electron chi connectivity index (χ4n) is 1.99. The molecular weight excluding hydrogens is 262 g/mol. The Morgan fingerprint density at radius 1 is 1.19 bits per heavy atom. The molecule has 0 radical (unpaired) electrons. The Hall–Kier alpha value is -1.32. The second-order valence-corrected chi connectivity index (χ2v) is 5.75. The highest BCUT2D eigenvalue weighted by Gasteiger charge is 2.07. The molecule has 0 aromatic heterocycles. The van der Waals surface area contributed by atoms with Gasteiger partial charge in [0.15, 0.2) is 0 Å². The molecule has 21 heavy (non-hydrogen) atoms. The van der Waals surface area contributed by atoms with Crippen LogP contribution in [0, 0.1) is 5.92 Å². The molecule has 1 aromatic carbocycles. The van der Waals surface area contributed by atoms with Crippen LogP contribution in [0.4, 0.5) is 0 Å². The minimum Gasteiger partial charge on any atom is -0.490 e. The molecule has 0 saturated carbocycles. The van der Waals surface area contributed by atoms with Crippen molar-refractivity contribution in [2.45, 2.75) is 33.8 Å². The third-order valence-electron chi connectivity index (χ3n) is 3.18. The lowest BCUT2D eigenvalue weighted by atomic mass is 10.00. The van der Waals surface area contributed by atoms with E-state index in [9.17, 15) is 0 Å². The second kappa shape index (κ2) is 9.59. The number of rotatable bonds is 9. The van der Waals surface area contributed by atoms with Crippen molar-refractivity contribution in [2.24, 2.45) is 5.92 Å². The summed E-state index contributed by atoms with van der Waals surface area (Å²) in [5.41, 5.74) is 2.51. The Bertz CT molecular complexity index is 439. The minimum atomic E-state index is 0.182. The van der Waals surface area contributed by atoms with E-state index >= 15 is 0 Å². The van der Waals surface area contributed by atoms with Crippen LogP contribution in [0.1, 0.15) is 33.3 Å². The highest BCUT2D eigenvalue weighted by Crippen LogP contribution is 2.24. The molecule has 0 aliphatic carbocycles. The van der Waals surface area contributed by atoms with Crippen molar-refractivity contribution >= 4 is 6.08 Å². The zero-order chi connectivity index (χ0) is 15.7. The summed E-state index contributed by atoms with van der Waals surface area (Å²) in [6, 6.07) is 8.20. The van der Waals surface area contributed by atoms with E-state index in [4.69, 9.17) is 9.47 Å². The van der Waals surface area contributed by atoms with Gasteiger partial charge in [-0.15, -0.1) is 0 Å².